The number of benzene rings is 1. The number of fused-ring (bicyclic) bond motifs is 1. The van der Waals surface area contributed by atoms with Crippen LogP contribution in [0.3, 0.4) is 0 Å². The van der Waals surface area contributed by atoms with Gasteiger partial charge in [-0.15, -0.1) is 5.10 Å². The highest BCUT2D eigenvalue weighted by atomic mass is 16.2. The number of para-hydroxylation sites is 1. The molecule has 0 saturated carbocycles. The summed E-state index contributed by atoms with van der Waals surface area (Å²) in [5.74, 6) is -0.0805. The number of aromatic nitrogens is 3. The summed E-state index contributed by atoms with van der Waals surface area (Å²) in [5.41, 5.74) is 2.59. The minimum absolute atomic E-state index is 0.0805. The van der Waals surface area contributed by atoms with Crippen LogP contribution < -0.4 is 4.90 Å². The van der Waals surface area contributed by atoms with E-state index in [1.807, 2.05) is 18.2 Å². The molecule has 0 bridgehead atoms. The number of hydrogen-bond donors (Lipinski definition) is 0. The second-order valence-corrected chi connectivity index (χ2v) is 4.11. The molecule has 86 valence electrons. The largest absolute Gasteiger partial charge is 0.306 e. The number of hydrogen-bond acceptors (Lipinski definition) is 3. The van der Waals surface area contributed by atoms with Gasteiger partial charge in [-0.1, -0.05) is 23.4 Å². The lowest BCUT2D eigenvalue weighted by Crippen LogP contribution is -2.29. The van der Waals surface area contributed by atoms with Gasteiger partial charge < -0.3 is 4.90 Å². The molecule has 2 heterocycles. The first-order chi connectivity index (χ1) is 8.25. The van der Waals surface area contributed by atoms with Crippen molar-refractivity contribution in [3.05, 3.63) is 41.7 Å². The fourth-order valence-corrected chi connectivity index (χ4v) is 2.13. The van der Waals surface area contributed by atoms with Crippen molar-refractivity contribution in [2.45, 2.75) is 6.42 Å². The van der Waals surface area contributed by atoms with Crippen LogP contribution in [0.15, 0.2) is 30.5 Å². The minimum Gasteiger partial charge on any atom is -0.306 e. The molecule has 0 fully saturated rings. The Morgan fingerprint density at radius 3 is 2.94 bits per heavy atom. The topological polar surface area (TPSA) is 51.0 Å². The van der Waals surface area contributed by atoms with E-state index >= 15 is 0 Å². The molecular weight excluding hydrogens is 216 g/mol. The maximum Gasteiger partial charge on any atom is 0.280 e. The molecule has 0 aliphatic carbocycles. The average Bonchev–Trinajstić information content (AvgIpc) is 2.94. The second-order valence-electron chi connectivity index (χ2n) is 4.11. The summed E-state index contributed by atoms with van der Waals surface area (Å²) in [5, 5.41) is 7.64. The highest BCUT2D eigenvalue weighted by Crippen LogP contribution is 2.28. The van der Waals surface area contributed by atoms with Gasteiger partial charge in [-0.25, -0.2) is 0 Å². The second kappa shape index (κ2) is 3.69. The van der Waals surface area contributed by atoms with E-state index in [0.717, 1.165) is 18.7 Å². The number of rotatable bonds is 1. The van der Waals surface area contributed by atoms with Gasteiger partial charge in [0.1, 0.15) is 0 Å². The summed E-state index contributed by atoms with van der Waals surface area (Å²) in [6.45, 7) is 0.717. The maximum atomic E-state index is 12.2. The van der Waals surface area contributed by atoms with Crippen molar-refractivity contribution in [3.63, 3.8) is 0 Å². The number of amides is 1. The molecule has 17 heavy (non-hydrogen) atoms. The number of carbonyl (C=O) groups excluding carboxylic acids is 1. The monoisotopic (exact) mass is 228 g/mol. The molecule has 5 heteroatoms. The summed E-state index contributed by atoms with van der Waals surface area (Å²) in [7, 11) is 1.75. The minimum atomic E-state index is -0.0805. The van der Waals surface area contributed by atoms with Crippen LogP contribution >= 0.6 is 0 Å². The molecule has 1 aliphatic rings. The highest BCUT2D eigenvalue weighted by molar-refractivity contribution is 6.05. The van der Waals surface area contributed by atoms with Crippen LogP contribution in [0.4, 0.5) is 5.69 Å². The van der Waals surface area contributed by atoms with E-state index in [9.17, 15) is 4.79 Å². The Balaban J connectivity index is 1.95. The van der Waals surface area contributed by atoms with Crippen LogP contribution in [0.1, 0.15) is 16.1 Å². The first kappa shape index (κ1) is 10.0. The van der Waals surface area contributed by atoms with Gasteiger partial charge in [0.05, 0.1) is 6.20 Å². The molecule has 5 nitrogen and oxygen atoms in total. The third kappa shape index (κ3) is 1.60. The van der Waals surface area contributed by atoms with E-state index in [1.165, 1.54) is 10.2 Å². The van der Waals surface area contributed by atoms with Crippen LogP contribution in [0, 0.1) is 0 Å². The quantitative estimate of drug-likeness (QED) is 0.732. The molecule has 1 aliphatic heterocycles. The van der Waals surface area contributed by atoms with Crippen LogP contribution in [0.5, 0.6) is 0 Å². The molecule has 0 unspecified atom stereocenters. The normalized spacial score (nSPS) is 13.8. The molecular formula is C12H12N4O. The predicted molar refractivity (Wildman–Crippen MR) is 62.8 cm³/mol. The summed E-state index contributed by atoms with van der Waals surface area (Å²) in [6, 6.07) is 7.96. The Hall–Kier alpha value is -2.17. The Kier molecular flexibility index (Phi) is 2.18. The van der Waals surface area contributed by atoms with Crippen molar-refractivity contribution in [1.29, 1.82) is 0 Å². The van der Waals surface area contributed by atoms with E-state index in [-0.39, 0.29) is 5.91 Å². The predicted octanol–water partition coefficient (Wildman–Crippen LogP) is 1.02. The first-order valence-electron chi connectivity index (χ1n) is 5.52. The SMILES string of the molecule is Cn1cc(C(=O)N2CCc3ccccc32)nn1. The lowest BCUT2D eigenvalue weighted by Gasteiger charge is -2.15. The molecule has 0 spiro atoms. The van der Waals surface area contributed by atoms with Gasteiger partial charge >= 0.3 is 0 Å². The average molecular weight is 228 g/mol. The molecule has 1 amide bonds. The van der Waals surface area contributed by atoms with Gasteiger partial charge in [-0.3, -0.25) is 9.48 Å². The Labute approximate surface area is 98.7 Å². The van der Waals surface area contributed by atoms with Crippen LogP contribution in [0.25, 0.3) is 0 Å². The third-order valence-corrected chi connectivity index (χ3v) is 2.95. The van der Waals surface area contributed by atoms with Crippen molar-refractivity contribution in [2.75, 3.05) is 11.4 Å². The van der Waals surface area contributed by atoms with Crippen LogP contribution in [-0.2, 0) is 13.5 Å². The van der Waals surface area contributed by atoms with Crippen molar-refractivity contribution < 1.29 is 4.79 Å². The fourth-order valence-electron chi connectivity index (χ4n) is 2.13. The fraction of sp³-hybridized carbons (Fsp3) is 0.250. The zero-order chi connectivity index (χ0) is 11.8. The number of carbonyl (C=O) groups is 1. The van der Waals surface area contributed by atoms with Crippen molar-refractivity contribution in [3.8, 4) is 0 Å². The maximum absolute atomic E-state index is 12.2. The smallest absolute Gasteiger partial charge is 0.280 e. The molecule has 1 aromatic carbocycles. The third-order valence-electron chi connectivity index (χ3n) is 2.95. The standard InChI is InChI=1S/C12H12N4O/c1-15-8-10(13-14-15)12(17)16-7-6-9-4-2-3-5-11(9)16/h2-5,8H,6-7H2,1H3. The van der Waals surface area contributed by atoms with Gasteiger partial charge in [0.2, 0.25) is 0 Å². The van der Waals surface area contributed by atoms with Crippen molar-refractivity contribution >= 4 is 11.6 Å². The van der Waals surface area contributed by atoms with Crippen LogP contribution in [0.2, 0.25) is 0 Å². The molecule has 0 saturated heterocycles. The summed E-state index contributed by atoms with van der Waals surface area (Å²) in [6.07, 6.45) is 2.55. The van der Waals surface area contributed by atoms with E-state index in [0.29, 0.717) is 5.69 Å². The highest BCUT2D eigenvalue weighted by Gasteiger charge is 2.26. The number of aryl methyl sites for hydroxylation is 1. The van der Waals surface area contributed by atoms with Gasteiger partial charge in [0.15, 0.2) is 5.69 Å². The Morgan fingerprint density at radius 2 is 2.18 bits per heavy atom. The van der Waals surface area contributed by atoms with E-state index in [4.69, 9.17) is 0 Å². The van der Waals surface area contributed by atoms with E-state index < -0.39 is 0 Å². The summed E-state index contributed by atoms with van der Waals surface area (Å²) < 4.78 is 1.54. The summed E-state index contributed by atoms with van der Waals surface area (Å²) >= 11 is 0. The van der Waals surface area contributed by atoms with E-state index in [2.05, 4.69) is 16.4 Å². The number of nitrogens with zero attached hydrogens (tertiary/aromatic N) is 4. The van der Waals surface area contributed by atoms with Crippen molar-refractivity contribution in [2.24, 2.45) is 7.05 Å². The lowest BCUT2D eigenvalue weighted by molar-refractivity contribution is 0.0984. The Bertz CT molecular complexity index is 575. The molecule has 2 aromatic rings. The van der Waals surface area contributed by atoms with E-state index in [1.54, 1.807) is 18.1 Å². The zero-order valence-electron chi connectivity index (χ0n) is 9.50. The molecule has 1 aromatic heterocycles. The molecule has 3 rings (SSSR count). The van der Waals surface area contributed by atoms with Gasteiger partial charge in [0, 0.05) is 19.3 Å². The molecule has 0 N–H and O–H groups in total. The zero-order valence-corrected chi connectivity index (χ0v) is 9.50. The number of anilines is 1. The first-order valence-corrected chi connectivity index (χ1v) is 5.52. The van der Waals surface area contributed by atoms with Gasteiger partial charge in [-0.2, -0.15) is 0 Å². The lowest BCUT2D eigenvalue weighted by atomic mass is 10.2. The van der Waals surface area contributed by atoms with Gasteiger partial charge in [0.25, 0.3) is 5.91 Å². The summed E-state index contributed by atoms with van der Waals surface area (Å²) in [4.78, 5) is 14.0. The van der Waals surface area contributed by atoms with Gasteiger partial charge in [-0.05, 0) is 18.1 Å². The van der Waals surface area contributed by atoms with Crippen LogP contribution in [-0.4, -0.2) is 27.4 Å². The molecule has 0 atom stereocenters. The Morgan fingerprint density at radius 1 is 1.35 bits per heavy atom. The van der Waals surface area contributed by atoms with Crippen molar-refractivity contribution in [1.82, 2.24) is 15.0 Å². The molecule has 0 radical (unpaired) electrons.